The van der Waals surface area contributed by atoms with E-state index >= 15 is 0 Å². The van der Waals surface area contributed by atoms with E-state index in [4.69, 9.17) is 11.6 Å². The van der Waals surface area contributed by atoms with E-state index in [1.807, 2.05) is 13.8 Å². The minimum atomic E-state index is -1.03. The summed E-state index contributed by atoms with van der Waals surface area (Å²) >= 11 is 11.6. The number of hydrogen-bond donors (Lipinski definition) is 2. The lowest BCUT2D eigenvalue weighted by molar-refractivity contribution is -0.149. The molecule has 0 aliphatic carbocycles. The summed E-state index contributed by atoms with van der Waals surface area (Å²) in [5.41, 5.74) is 0.498. The molecule has 190 valence electrons. The van der Waals surface area contributed by atoms with E-state index in [1.165, 1.54) is 21.6 Å². The summed E-state index contributed by atoms with van der Waals surface area (Å²) in [5, 5.41) is 20.6. The number of nitrogens with zero attached hydrogens (tertiary/aromatic N) is 2. The molecule has 8 atom stereocenters. The summed E-state index contributed by atoms with van der Waals surface area (Å²) in [6.07, 6.45) is 2.77. The molecule has 2 amide bonds. The third-order valence-electron chi connectivity index (χ3n) is 7.81. The van der Waals surface area contributed by atoms with Crippen LogP contribution in [0.2, 0.25) is 5.02 Å². The highest BCUT2D eigenvalue weighted by atomic mass is 79.9. The number of likely N-dealkylation sites (tertiary alicyclic amines) is 1. The molecule has 3 fully saturated rings. The number of carbonyl (C=O) groups excluding carboxylic acids is 2. The molecule has 3 aliphatic heterocycles. The number of benzene rings is 1. The number of aliphatic carboxylic acids is 1. The number of aliphatic hydroxyl groups excluding tert-OH is 1. The Balaban J connectivity index is 1.89. The molecule has 0 radical (unpaired) electrons. The van der Waals surface area contributed by atoms with Crippen LogP contribution in [0.5, 0.6) is 0 Å². The highest BCUT2D eigenvalue weighted by molar-refractivity contribution is 9.09. The molecule has 4 rings (SSSR count). The summed E-state index contributed by atoms with van der Waals surface area (Å²) in [6, 6.07) is 5.44. The molecule has 1 aromatic rings. The van der Waals surface area contributed by atoms with E-state index in [0.29, 0.717) is 23.6 Å². The van der Waals surface area contributed by atoms with Crippen LogP contribution < -0.4 is 4.90 Å². The normalized spacial score (nSPS) is 32.9. The van der Waals surface area contributed by atoms with Gasteiger partial charge in [-0.05, 0) is 24.5 Å². The number of amides is 2. The Labute approximate surface area is 223 Å². The van der Waals surface area contributed by atoms with Gasteiger partial charge in [0, 0.05) is 16.6 Å². The van der Waals surface area contributed by atoms with Crippen LogP contribution in [0.4, 0.5) is 5.69 Å². The Kier molecular flexibility index (Phi) is 7.63. The molecule has 0 aromatic heterocycles. The standard InChI is InChI=1S/C25H30BrClN2O5S/c1-4-10-28(16-9-7-6-8-15(16)27)23(32)21-25-11-14(26)20(35-25)18(24(33)34)19(25)22(31)29(21)17(12-30)13(3)5-2/h4,6-9,13-14,17-21,30H,1,5,10-12H2,2-3H3,(H,33,34)/t13-,14?,17-,18+,19-,20+,21?,25?/m0/s1. The summed E-state index contributed by atoms with van der Waals surface area (Å²) in [4.78, 5) is 43.7. The van der Waals surface area contributed by atoms with Gasteiger partial charge in [-0.2, -0.15) is 0 Å². The number of thioether (sulfide) groups is 1. The number of aliphatic hydroxyl groups is 1. The van der Waals surface area contributed by atoms with Crippen LogP contribution in [0, 0.1) is 17.8 Å². The van der Waals surface area contributed by atoms with Crippen molar-refractivity contribution in [2.45, 2.75) is 53.6 Å². The van der Waals surface area contributed by atoms with E-state index in [-0.39, 0.29) is 41.0 Å². The van der Waals surface area contributed by atoms with Crippen LogP contribution in [0.25, 0.3) is 0 Å². The number of para-hydroxylation sites is 1. The van der Waals surface area contributed by atoms with Crippen LogP contribution >= 0.6 is 39.3 Å². The molecule has 0 saturated carbocycles. The second-order valence-corrected chi connectivity index (χ2v) is 12.7. The maximum absolute atomic E-state index is 14.5. The first-order chi connectivity index (χ1) is 16.6. The molecule has 3 heterocycles. The molecule has 3 unspecified atom stereocenters. The fourth-order valence-corrected chi connectivity index (χ4v) is 9.88. The van der Waals surface area contributed by atoms with Gasteiger partial charge in [-0.3, -0.25) is 14.4 Å². The molecular weight excluding hydrogens is 556 g/mol. The van der Waals surface area contributed by atoms with Gasteiger partial charge in [0.05, 0.1) is 39.9 Å². The van der Waals surface area contributed by atoms with Gasteiger partial charge in [0.25, 0.3) is 5.91 Å². The average Bonchev–Trinajstić information content (AvgIpc) is 3.42. The zero-order valence-corrected chi connectivity index (χ0v) is 22.8. The topological polar surface area (TPSA) is 98.2 Å². The Morgan fingerprint density at radius 3 is 2.69 bits per heavy atom. The second-order valence-electron chi connectivity index (χ2n) is 9.57. The molecule has 3 aliphatic rings. The van der Waals surface area contributed by atoms with Crippen LogP contribution in [0.3, 0.4) is 0 Å². The van der Waals surface area contributed by atoms with E-state index in [9.17, 15) is 24.6 Å². The van der Waals surface area contributed by atoms with Crippen molar-refractivity contribution < 1.29 is 24.6 Å². The summed E-state index contributed by atoms with van der Waals surface area (Å²) < 4.78 is -0.919. The third kappa shape index (κ3) is 4.03. The Bertz CT molecular complexity index is 1040. The SMILES string of the molecule is C=CCN(C(=O)C1N([C@@H](CO)[C@@H](C)CC)C(=O)[C@@H]2[C@@H](C(=O)O)[C@@H]3SC12CC3Br)c1ccccc1Cl. The predicted octanol–water partition coefficient (Wildman–Crippen LogP) is 3.82. The molecule has 10 heteroatoms. The first-order valence-electron chi connectivity index (χ1n) is 11.8. The lowest BCUT2D eigenvalue weighted by Crippen LogP contribution is -2.59. The minimum Gasteiger partial charge on any atom is -0.481 e. The number of carbonyl (C=O) groups is 3. The van der Waals surface area contributed by atoms with E-state index < -0.39 is 34.6 Å². The number of fused-ring (bicyclic) bond motifs is 1. The largest absolute Gasteiger partial charge is 0.481 e. The van der Waals surface area contributed by atoms with Crippen molar-refractivity contribution >= 4 is 62.8 Å². The van der Waals surface area contributed by atoms with Gasteiger partial charge >= 0.3 is 5.97 Å². The first kappa shape index (κ1) is 26.5. The zero-order valence-electron chi connectivity index (χ0n) is 19.6. The maximum atomic E-state index is 14.5. The minimum absolute atomic E-state index is 0.0899. The Morgan fingerprint density at radius 2 is 2.11 bits per heavy atom. The Hall–Kier alpha value is -1.55. The van der Waals surface area contributed by atoms with Crippen molar-refractivity contribution in [2.75, 3.05) is 18.1 Å². The molecule has 2 N–H and O–H groups in total. The van der Waals surface area contributed by atoms with Gasteiger partial charge in [0.2, 0.25) is 5.91 Å². The van der Waals surface area contributed by atoms with Crippen molar-refractivity contribution in [3.05, 3.63) is 41.9 Å². The number of carboxylic acid groups (broad SMARTS) is 1. The number of alkyl halides is 1. The lowest BCUT2D eigenvalue weighted by Gasteiger charge is -2.41. The fraction of sp³-hybridized carbons (Fsp3) is 0.560. The lowest BCUT2D eigenvalue weighted by atomic mass is 9.71. The number of carboxylic acids is 1. The van der Waals surface area contributed by atoms with Crippen LogP contribution in [-0.2, 0) is 14.4 Å². The van der Waals surface area contributed by atoms with Crippen molar-refractivity contribution in [1.82, 2.24) is 4.90 Å². The number of anilines is 1. The summed E-state index contributed by atoms with van der Waals surface area (Å²) in [6.45, 7) is 7.56. The van der Waals surface area contributed by atoms with E-state index in [2.05, 4.69) is 22.5 Å². The number of rotatable bonds is 9. The highest BCUT2D eigenvalue weighted by Crippen LogP contribution is 2.68. The predicted molar refractivity (Wildman–Crippen MR) is 141 cm³/mol. The number of hydrogen-bond acceptors (Lipinski definition) is 5. The van der Waals surface area contributed by atoms with Crippen molar-refractivity contribution in [2.24, 2.45) is 17.8 Å². The van der Waals surface area contributed by atoms with Crippen LogP contribution in [0.15, 0.2) is 36.9 Å². The number of halogens is 2. The van der Waals surface area contributed by atoms with Crippen molar-refractivity contribution in [3.8, 4) is 0 Å². The summed E-state index contributed by atoms with van der Waals surface area (Å²) in [5.74, 6) is -3.56. The quantitative estimate of drug-likeness (QED) is 0.338. The molecule has 7 nitrogen and oxygen atoms in total. The van der Waals surface area contributed by atoms with Gasteiger partial charge < -0.3 is 20.0 Å². The van der Waals surface area contributed by atoms with Crippen LogP contribution in [-0.4, -0.2) is 73.0 Å². The average molecular weight is 586 g/mol. The molecule has 1 aromatic carbocycles. The molecule has 1 spiro atoms. The summed E-state index contributed by atoms with van der Waals surface area (Å²) in [7, 11) is 0. The molecular formula is C25H30BrClN2O5S. The van der Waals surface area contributed by atoms with E-state index in [1.54, 1.807) is 30.3 Å². The fourth-order valence-electron chi connectivity index (χ4n) is 6.05. The van der Waals surface area contributed by atoms with Gasteiger partial charge in [-0.25, -0.2) is 0 Å². The van der Waals surface area contributed by atoms with Gasteiger partial charge in [-0.15, -0.1) is 18.3 Å². The smallest absolute Gasteiger partial charge is 0.308 e. The van der Waals surface area contributed by atoms with Gasteiger partial charge in [0.1, 0.15) is 6.04 Å². The second kappa shape index (κ2) is 10.1. The van der Waals surface area contributed by atoms with Crippen molar-refractivity contribution in [3.63, 3.8) is 0 Å². The Morgan fingerprint density at radius 1 is 1.43 bits per heavy atom. The maximum Gasteiger partial charge on any atom is 0.308 e. The zero-order chi connectivity index (χ0) is 25.7. The third-order valence-corrected chi connectivity index (χ3v) is 11.4. The monoisotopic (exact) mass is 584 g/mol. The van der Waals surface area contributed by atoms with E-state index in [0.717, 1.165) is 0 Å². The van der Waals surface area contributed by atoms with Crippen LogP contribution in [0.1, 0.15) is 26.7 Å². The first-order valence-corrected chi connectivity index (χ1v) is 14.0. The van der Waals surface area contributed by atoms with Gasteiger partial charge in [-0.1, -0.05) is 66.0 Å². The van der Waals surface area contributed by atoms with Gasteiger partial charge in [0.15, 0.2) is 0 Å². The molecule has 2 bridgehead atoms. The van der Waals surface area contributed by atoms with Crippen molar-refractivity contribution in [1.29, 1.82) is 0 Å². The molecule has 3 saturated heterocycles. The highest BCUT2D eigenvalue weighted by Gasteiger charge is 2.76. The molecule has 35 heavy (non-hydrogen) atoms.